The summed E-state index contributed by atoms with van der Waals surface area (Å²) in [5, 5.41) is 0. The standard InChI is InChI=1S/C19H30BNO5S/c1-16(2)13-7-9-19(16)12-27(23,24)21(14(19)11-13)15(22)8-10-20-25-17(3,4)18(5,6)26-20/h8,10,13-14H,7,9,11-12H2,1-6H3/b10-8+/t13-,14+,19-/m0/s1. The predicted molar refractivity (Wildman–Crippen MR) is 103 cm³/mol. The van der Waals surface area contributed by atoms with Gasteiger partial charge in [0.1, 0.15) is 0 Å². The molecule has 2 aliphatic carbocycles. The van der Waals surface area contributed by atoms with Crippen molar-refractivity contribution in [2.75, 3.05) is 5.75 Å². The van der Waals surface area contributed by atoms with Gasteiger partial charge in [0.25, 0.3) is 5.91 Å². The molecule has 0 N–H and O–H groups in total. The van der Waals surface area contributed by atoms with Crippen molar-refractivity contribution in [3.63, 3.8) is 0 Å². The van der Waals surface area contributed by atoms with Gasteiger partial charge in [0.15, 0.2) is 0 Å². The fourth-order valence-electron chi connectivity index (χ4n) is 5.78. The van der Waals surface area contributed by atoms with Crippen molar-refractivity contribution in [3.8, 4) is 0 Å². The molecule has 4 aliphatic rings. The second kappa shape index (κ2) is 5.39. The lowest BCUT2D eigenvalue weighted by molar-refractivity contribution is -0.124. The third-order valence-electron chi connectivity index (χ3n) is 8.30. The van der Waals surface area contributed by atoms with E-state index < -0.39 is 34.3 Å². The van der Waals surface area contributed by atoms with E-state index >= 15 is 0 Å². The van der Waals surface area contributed by atoms with Crippen LogP contribution in [0, 0.1) is 16.7 Å². The fraction of sp³-hybridized carbons (Fsp3) is 0.842. The molecule has 0 radical (unpaired) electrons. The average molecular weight is 395 g/mol. The number of sulfonamides is 1. The van der Waals surface area contributed by atoms with Gasteiger partial charge in [-0.1, -0.05) is 13.8 Å². The molecule has 2 heterocycles. The molecule has 4 rings (SSSR count). The van der Waals surface area contributed by atoms with E-state index in [0.29, 0.717) is 5.92 Å². The van der Waals surface area contributed by atoms with E-state index in [9.17, 15) is 13.2 Å². The van der Waals surface area contributed by atoms with Crippen molar-refractivity contribution in [2.24, 2.45) is 16.7 Å². The number of fused-ring (bicyclic) bond motifs is 1. The lowest BCUT2D eigenvalue weighted by Crippen LogP contribution is -2.43. The first-order valence-corrected chi connectivity index (χ1v) is 11.4. The van der Waals surface area contributed by atoms with Crippen LogP contribution in [0.25, 0.3) is 0 Å². The smallest absolute Gasteiger partial charge is 0.400 e. The molecule has 0 aromatic heterocycles. The van der Waals surface area contributed by atoms with E-state index in [0.717, 1.165) is 23.6 Å². The number of hydrogen-bond donors (Lipinski definition) is 0. The van der Waals surface area contributed by atoms with Crippen LogP contribution in [0.15, 0.2) is 12.1 Å². The summed E-state index contributed by atoms with van der Waals surface area (Å²) in [6.07, 6.45) is 4.05. The maximum Gasteiger partial charge on any atom is 0.487 e. The molecule has 2 bridgehead atoms. The Kier molecular flexibility index (Phi) is 3.89. The highest BCUT2D eigenvalue weighted by Crippen LogP contribution is 2.69. The fourth-order valence-corrected chi connectivity index (χ4v) is 8.29. The Labute approximate surface area is 162 Å². The van der Waals surface area contributed by atoms with Crippen molar-refractivity contribution in [2.45, 2.75) is 78.0 Å². The Morgan fingerprint density at radius 1 is 1.11 bits per heavy atom. The van der Waals surface area contributed by atoms with Crippen LogP contribution in [0.5, 0.6) is 0 Å². The van der Waals surface area contributed by atoms with Gasteiger partial charge in [-0.25, -0.2) is 12.7 Å². The Balaban J connectivity index is 1.57. The van der Waals surface area contributed by atoms with Gasteiger partial charge in [0.05, 0.1) is 23.0 Å². The minimum absolute atomic E-state index is 0.0464. The van der Waals surface area contributed by atoms with Crippen LogP contribution in [0.4, 0.5) is 0 Å². The van der Waals surface area contributed by atoms with Gasteiger partial charge in [0, 0.05) is 5.41 Å². The summed E-state index contributed by atoms with van der Waals surface area (Å²) in [4.78, 5) is 12.9. The van der Waals surface area contributed by atoms with Crippen LogP contribution in [0.3, 0.4) is 0 Å². The SMILES string of the molecule is CC1(C)OB(/C=C/C(=O)N2[C@@H]3C[C@@H]4CC[C@@]3(CS2(=O)=O)C4(C)C)OC1(C)C. The summed E-state index contributed by atoms with van der Waals surface area (Å²) in [6, 6.07) is -0.216. The molecule has 1 spiro atoms. The van der Waals surface area contributed by atoms with Gasteiger partial charge in [-0.15, -0.1) is 0 Å². The minimum atomic E-state index is -3.60. The minimum Gasteiger partial charge on any atom is -0.400 e. The number of amides is 1. The molecule has 27 heavy (non-hydrogen) atoms. The van der Waals surface area contributed by atoms with E-state index in [2.05, 4.69) is 13.8 Å². The molecule has 3 atom stereocenters. The highest BCUT2D eigenvalue weighted by atomic mass is 32.2. The van der Waals surface area contributed by atoms with Crippen LogP contribution >= 0.6 is 0 Å². The zero-order chi connectivity index (χ0) is 20.0. The van der Waals surface area contributed by atoms with Crippen molar-refractivity contribution in [1.29, 1.82) is 0 Å². The van der Waals surface area contributed by atoms with E-state index in [4.69, 9.17) is 9.31 Å². The molecule has 8 heteroatoms. The molecule has 2 saturated heterocycles. The summed E-state index contributed by atoms with van der Waals surface area (Å²) in [7, 11) is -4.26. The molecule has 0 aromatic carbocycles. The second-order valence-corrected chi connectivity index (χ2v) is 12.1. The summed E-state index contributed by atoms with van der Waals surface area (Å²) in [5.74, 6) is 1.64. The number of carbonyl (C=O) groups is 1. The Morgan fingerprint density at radius 2 is 1.70 bits per heavy atom. The lowest BCUT2D eigenvalue weighted by Gasteiger charge is -2.36. The normalized spacial score (nSPS) is 40.1. The first-order chi connectivity index (χ1) is 12.2. The Morgan fingerprint density at radius 3 is 2.26 bits per heavy atom. The highest BCUT2D eigenvalue weighted by molar-refractivity contribution is 7.90. The molecule has 6 nitrogen and oxygen atoms in total. The van der Waals surface area contributed by atoms with Crippen molar-refractivity contribution >= 4 is 23.0 Å². The molecule has 2 saturated carbocycles. The third-order valence-corrected chi connectivity index (χ3v) is 10.2. The Hall–Kier alpha value is -0.855. The van der Waals surface area contributed by atoms with Crippen molar-refractivity contribution < 1.29 is 22.5 Å². The molecular formula is C19H30BNO5S. The molecule has 0 aromatic rings. The van der Waals surface area contributed by atoms with Gasteiger partial charge in [0.2, 0.25) is 10.0 Å². The number of hydrogen-bond acceptors (Lipinski definition) is 5. The van der Waals surface area contributed by atoms with Gasteiger partial charge >= 0.3 is 7.12 Å². The predicted octanol–water partition coefficient (Wildman–Crippen LogP) is 2.54. The topological polar surface area (TPSA) is 72.9 Å². The zero-order valence-corrected chi connectivity index (χ0v) is 17.9. The van der Waals surface area contributed by atoms with Crippen molar-refractivity contribution in [3.05, 3.63) is 12.1 Å². The van der Waals surface area contributed by atoms with Crippen LogP contribution in [0.1, 0.15) is 60.8 Å². The summed E-state index contributed by atoms with van der Waals surface area (Å²) >= 11 is 0. The van der Waals surface area contributed by atoms with E-state index in [-0.39, 0.29) is 22.6 Å². The lowest BCUT2D eigenvalue weighted by atomic mass is 9.69. The van der Waals surface area contributed by atoms with Gasteiger partial charge in [-0.05, 0) is 70.3 Å². The van der Waals surface area contributed by atoms with E-state index in [1.54, 1.807) is 0 Å². The molecule has 2 aliphatic heterocycles. The van der Waals surface area contributed by atoms with Crippen LogP contribution in [-0.2, 0) is 24.1 Å². The quantitative estimate of drug-likeness (QED) is 0.531. The molecule has 1 amide bonds. The van der Waals surface area contributed by atoms with Crippen LogP contribution < -0.4 is 0 Å². The molecule has 0 unspecified atom stereocenters. The largest absolute Gasteiger partial charge is 0.487 e. The maximum absolute atomic E-state index is 12.9. The monoisotopic (exact) mass is 395 g/mol. The number of nitrogens with zero attached hydrogens (tertiary/aromatic N) is 1. The molecule has 150 valence electrons. The van der Waals surface area contributed by atoms with Crippen molar-refractivity contribution in [1.82, 2.24) is 4.31 Å². The average Bonchev–Trinajstić information content (AvgIpc) is 3.05. The van der Waals surface area contributed by atoms with Crippen LogP contribution in [-0.4, -0.2) is 48.7 Å². The van der Waals surface area contributed by atoms with Crippen LogP contribution in [0.2, 0.25) is 0 Å². The highest BCUT2D eigenvalue weighted by Gasteiger charge is 2.72. The van der Waals surface area contributed by atoms with E-state index in [1.165, 1.54) is 12.1 Å². The number of carbonyl (C=O) groups excluding carboxylic acids is 1. The molecular weight excluding hydrogens is 365 g/mol. The zero-order valence-electron chi connectivity index (χ0n) is 17.1. The van der Waals surface area contributed by atoms with Gasteiger partial charge < -0.3 is 9.31 Å². The summed E-state index contributed by atoms with van der Waals surface area (Å²) in [6.45, 7) is 12.1. The van der Waals surface area contributed by atoms with Gasteiger partial charge in [-0.3, -0.25) is 4.79 Å². The molecule has 4 fully saturated rings. The van der Waals surface area contributed by atoms with E-state index in [1.807, 2.05) is 27.7 Å². The summed E-state index contributed by atoms with van der Waals surface area (Å²) in [5.41, 5.74) is -1.34. The van der Waals surface area contributed by atoms with Gasteiger partial charge in [-0.2, -0.15) is 0 Å². The first kappa shape index (κ1) is 19.5. The Bertz CT molecular complexity index is 802. The first-order valence-electron chi connectivity index (χ1n) is 9.83. The third kappa shape index (κ3) is 2.45. The second-order valence-electron chi connectivity index (χ2n) is 10.2. The summed E-state index contributed by atoms with van der Waals surface area (Å²) < 4.78 is 38.7. The maximum atomic E-state index is 12.9. The number of rotatable bonds is 2.